The molecule has 0 amide bonds. The van der Waals surface area contributed by atoms with Gasteiger partial charge in [0.15, 0.2) is 11.2 Å². The van der Waals surface area contributed by atoms with E-state index in [-0.39, 0.29) is 84.5 Å². The molecule has 14 heteroatoms. The highest BCUT2D eigenvalue weighted by Gasteiger charge is 2.20. The van der Waals surface area contributed by atoms with Crippen molar-refractivity contribution in [1.29, 1.82) is 0 Å². The van der Waals surface area contributed by atoms with Crippen LogP contribution in [0, 0.1) is 0 Å². The molecule has 0 unspecified atom stereocenters. The van der Waals surface area contributed by atoms with Gasteiger partial charge >= 0.3 is 0 Å². The molecule has 0 spiro atoms. The second kappa shape index (κ2) is 31.0. The summed E-state index contributed by atoms with van der Waals surface area (Å²) in [5, 5.41) is 11.5. The van der Waals surface area contributed by atoms with Crippen LogP contribution in [0.2, 0.25) is 0 Å². The average Bonchev–Trinajstić information content (AvgIpc) is 4.34. The second-order valence-electron chi connectivity index (χ2n) is 25.8. The number of H-pyrrole nitrogens is 2. The van der Waals surface area contributed by atoms with Crippen LogP contribution in [0.5, 0.6) is 0 Å². The summed E-state index contributed by atoms with van der Waals surface area (Å²) in [5.74, 6) is 1.77. The molecule has 0 radical (unpaired) electrons. The molecule has 0 aliphatic carbocycles. The number of imidazole rings is 2. The molecule has 12 rings (SSSR count). The predicted octanol–water partition coefficient (Wildman–Crippen LogP) is 20.9. The smallest absolute Gasteiger partial charge is 0.233 e. The molecule has 12 aromatic rings. The van der Waals surface area contributed by atoms with Gasteiger partial charge in [-0.25, -0.2) is 19.9 Å². The van der Waals surface area contributed by atoms with Crippen LogP contribution in [-0.4, -0.2) is 58.9 Å². The van der Waals surface area contributed by atoms with E-state index in [1.54, 1.807) is 24.8 Å². The standard InChI is InChI=1S/2C11H14N2.C11H13NO.C11H13NS.2C10H13N3.7CH4/c1-11(2,3)10-6-8-7-12-5-4-9(8)13-10;1-11(2,3)9-4-5-10-12-6-7-13(10)8-9;2*1-11(2,3)10-6-8-4-5-12-7-9(8)13-10;1-10(2,3)8-4-7-5-12-13-9(7)11-6-8;1-10(2,3)8-6-12-9-11-4-5-13(9)7-8;;;;;;;/h4-7,13H,1-3H3;4-8H,1-3H3;2*4-7H,1-3H3;4-6H,1-3H3,(H,11,12,13);4-7H,1-3H3;7*1H4. The maximum atomic E-state index is 5.67. The van der Waals surface area contributed by atoms with Gasteiger partial charge in [-0.15, -0.1) is 11.3 Å². The van der Waals surface area contributed by atoms with E-state index in [2.05, 4.69) is 234 Å². The highest BCUT2D eigenvalue weighted by Crippen LogP contribution is 2.34. The molecule has 0 saturated carbocycles. The molecular formula is C71H108N12OS. The Labute approximate surface area is 516 Å². The molecular weight excluding hydrogens is 1070 g/mol. The van der Waals surface area contributed by atoms with Gasteiger partial charge in [0.05, 0.1) is 17.1 Å². The summed E-state index contributed by atoms with van der Waals surface area (Å²) in [7, 11) is 0. The Morgan fingerprint density at radius 2 is 1.01 bits per heavy atom. The molecule has 464 valence electrons. The van der Waals surface area contributed by atoms with Crippen molar-refractivity contribution in [3.05, 3.63) is 181 Å². The zero-order chi connectivity index (χ0) is 56.8. The molecule has 0 fully saturated rings. The number of hydrogen-bond donors (Lipinski definition) is 2. The van der Waals surface area contributed by atoms with Crippen LogP contribution in [-0.2, 0) is 32.5 Å². The van der Waals surface area contributed by atoms with Crippen molar-refractivity contribution in [2.75, 3.05) is 0 Å². The van der Waals surface area contributed by atoms with Crippen LogP contribution in [0.15, 0.2) is 152 Å². The van der Waals surface area contributed by atoms with Crippen LogP contribution in [0.25, 0.3) is 54.4 Å². The van der Waals surface area contributed by atoms with Crippen LogP contribution in [0.1, 0.15) is 210 Å². The first-order valence-electron chi connectivity index (χ1n) is 26.6. The third-order valence-electron chi connectivity index (χ3n) is 12.9. The first-order valence-corrected chi connectivity index (χ1v) is 27.4. The molecule has 0 atom stereocenters. The Morgan fingerprint density at radius 3 is 1.60 bits per heavy atom. The van der Waals surface area contributed by atoms with E-state index < -0.39 is 0 Å². The molecule has 0 saturated heterocycles. The van der Waals surface area contributed by atoms with Crippen LogP contribution < -0.4 is 0 Å². The number of furan rings is 1. The quantitative estimate of drug-likeness (QED) is 0.151. The third-order valence-corrected chi connectivity index (χ3v) is 14.4. The van der Waals surface area contributed by atoms with Gasteiger partial charge in [0, 0.05) is 124 Å². The summed E-state index contributed by atoms with van der Waals surface area (Å²) in [6, 6.07) is 18.9. The minimum atomic E-state index is 0. The fourth-order valence-corrected chi connectivity index (χ4v) is 8.79. The third kappa shape index (κ3) is 20.9. The number of fused-ring (bicyclic) bond motifs is 6. The van der Waals surface area contributed by atoms with Gasteiger partial charge in [-0.2, -0.15) is 5.10 Å². The lowest BCUT2D eigenvalue weighted by Gasteiger charge is -2.18. The minimum Gasteiger partial charge on any atom is -0.459 e. The van der Waals surface area contributed by atoms with E-state index >= 15 is 0 Å². The lowest BCUT2D eigenvalue weighted by molar-refractivity contribution is 0.430. The van der Waals surface area contributed by atoms with Crippen molar-refractivity contribution in [2.45, 2.75) is 209 Å². The lowest BCUT2D eigenvalue weighted by Crippen LogP contribution is -2.12. The van der Waals surface area contributed by atoms with Gasteiger partial charge in [0.25, 0.3) is 0 Å². The Morgan fingerprint density at radius 1 is 0.435 bits per heavy atom. The van der Waals surface area contributed by atoms with Crippen LogP contribution >= 0.6 is 11.3 Å². The Balaban J connectivity index is 0.000000980. The number of aromatic nitrogens is 12. The van der Waals surface area contributed by atoms with Crippen molar-refractivity contribution in [1.82, 2.24) is 58.9 Å². The molecule has 0 aromatic carbocycles. The lowest BCUT2D eigenvalue weighted by atomic mass is 9.88. The Kier molecular flexibility index (Phi) is 28.2. The van der Waals surface area contributed by atoms with Gasteiger partial charge in [-0.3, -0.25) is 24.5 Å². The SMILES string of the molecule is C.C.C.C.C.C.C.CC(C)(C)c1cc2ccncc2o1.CC(C)(C)c1cc2ccncc2s1.CC(C)(C)c1cc2cnccc2[nH]1.CC(C)(C)c1ccc2nccn2c1.CC(C)(C)c1cnc2[nH]ncc2c1.CC(C)(C)c1cnc2nccn2c1. The topological polar surface area (TPSA) is 157 Å². The minimum absolute atomic E-state index is 0. The average molecular weight is 1180 g/mol. The van der Waals surface area contributed by atoms with E-state index in [0.29, 0.717) is 0 Å². The Bertz CT molecular complexity index is 3310. The van der Waals surface area contributed by atoms with Gasteiger partial charge in [-0.1, -0.05) is 183 Å². The van der Waals surface area contributed by atoms with E-state index in [9.17, 15) is 0 Å². The van der Waals surface area contributed by atoms with Gasteiger partial charge in [0.2, 0.25) is 5.78 Å². The van der Waals surface area contributed by atoms with Crippen molar-refractivity contribution in [3.8, 4) is 0 Å². The second-order valence-corrected chi connectivity index (χ2v) is 26.9. The maximum Gasteiger partial charge on any atom is 0.233 e. The molecule has 12 heterocycles. The number of aromatic amines is 2. The van der Waals surface area contributed by atoms with Crippen molar-refractivity contribution < 1.29 is 4.42 Å². The first kappa shape index (κ1) is 77.4. The van der Waals surface area contributed by atoms with Crippen LogP contribution in [0.3, 0.4) is 0 Å². The summed E-state index contributed by atoms with van der Waals surface area (Å²) in [5.41, 5.74) is 9.95. The zero-order valence-electron chi connectivity index (χ0n) is 49.1. The van der Waals surface area contributed by atoms with Crippen molar-refractivity contribution in [3.63, 3.8) is 0 Å². The van der Waals surface area contributed by atoms with E-state index in [0.717, 1.165) is 39.2 Å². The molecule has 0 bridgehead atoms. The first-order chi connectivity index (χ1) is 36.4. The highest BCUT2D eigenvalue weighted by atomic mass is 32.1. The molecule has 85 heavy (non-hydrogen) atoms. The largest absolute Gasteiger partial charge is 0.459 e. The molecule has 0 aliphatic rings. The number of pyridine rings is 5. The fraction of sp³-hybridized carbons (Fsp3) is 0.437. The number of nitrogens with zero attached hydrogens (tertiary/aromatic N) is 10. The predicted molar refractivity (Wildman–Crippen MR) is 371 cm³/mol. The number of hydrogen-bond acceptors (Lipinski definition) is 10. The Hall–Kier alpha value is -7.58. The van der Waals surface area contributed by atoms with E-state index in [1.165, 1.54) is 48.3 Å². The fourth-order valence-electron chi connectivity index (χ4n) is 7.70. The number of rotatable bonds is 0. The molecule has 0 aliphatic heterocycles. The summed E-state index contributed by atoms with van der Waals surface area (Å²) >= 11 is 1.84. The monoisotopic (exact) mass is 1180 g/mol. The summed E-state index contributed by atoms with van der Waals surface area (Å²) in [6.45, 7) is 39.4. The molecule has 12 aromatic heterocycles. The van der Waals surface area contributed by atoms with Gasteiger partial charge < -0.3 is 13.8 Å². The summed E-state index contributed by atoms with van der Waals surface area (Å²) in [4.78, 5) is 33.9. The molecule has 13 nitrogen and oxygen atoms in total. The maximum absolute atomic E-state index is 5.67. The summed E-state index contributed by atoms with van der Waals surface area (Å²) in [6.07, 6.45) is 28.3. The number of thiophene rings is 1. The van der Waals surface area contributed by atoms with Crippen molar-refractivity contribution in [2.24, 2.45) is 0 Å². The normalized spacial score (nSPS) is 11.2. The summed E-state index contributed by atoms with van der Waals surface area (Å²) < 4.78 is 11.0. The van der Waals surface area contributed by atoms with E-state index in [1.807, 2.05) is 83.6 Å². The zero-order valence-corrected chi connectivity index (χ0v) is 50.0. The van der Waals surface area contributed by atoms with Crippen molar-refractivity contribution >= 4 is 65.8 Å². The van der Waals surface area contributed by atoms with Gasteiger partial charge in [0.1, 0.15) is 11.4 Å². The van der Waals surface area contributed by atoms with Gasteiger partial charge in [-0.05, 0) is 92.3 Å². The van der Waals surface area contributed by atoms with Crippen LogP contribution in [0.4, 0.5) is 0 Å². The molecule has 2 N–H and O–H groups in total. The highest BCUT2D eigenvalue weighted by molar-refractivity contribution is 7.19. The number of nitrogens with one attached hydrogen (secondary N) is 2. The van der Waals surface area contributed by atoms with E-state index in [4.69, 9.17) is 4.42 Å².